The third-order valence-corrected chi connectivity index (χ3v) is 6.09. The molecule has 2 heterocycles. The van der Waals surface area contributed by atoms with Crippen LogP contribution < -0.4 is 5.32 Å². The Morgan fingerprint density at radius 3 is 2.65 bits per heavy atom. The molecule has 1 aliphatic heterocycles. The average Bonchev–Trinajstić information content (AvgIpc) is 3.11. The molecule has 2 N–H and O–H groups in total. The van der Waals surface area contributed by atoms with E-state index in [0.717, 1.165) is 55.3 Å². The first-order chi connectivity index (χ1) is 12.8. The largest absolute Gasteiger partial charge is 0.355 e. The first kappa shape index (κ1) is 17.5. The average molecular weight is 354 g/mol. The van der Waals surface area contributed by atoms with E-state index < -0.39 is 0 Å². The lowest BCUT2D eigenvalue weighted by molar-refractivity contribution is -0.126. The Labute approximate surface area is 155 Å². The van der Waals surface area contributed by atoms with E-state index in [1.54, 1.807) is 0 Å². The zero-order valence-electron chi connectivity index (χ0n) is 15.5. The second-order valence-electron chi connectivity index (χ2n) is 7.84. The molecule has 0 unspecified atom stereocenters. The van der Waals surface area contributed by atoms with Gasteiger partial charge in [-0.15, -0.1) is 0 Å². The summed E-state index contributed by atoms with van der Waals surface area (Å²) in [5, 5.41) is 3.12. The molecule has 2 aromatic rings. The fraction of sp³-hybridized carbons (Fsp3) is 0.619. The van der Waals surface area contributed by atoms with E-state index in [2.05, 4.69) is 20.2 Å². The highest BCUT2D eigenvalue weighted by atomic mass is 16.1. The van der Waals surface area contributed by atoms with Gasteiger partial charge in [-0.3, -0.25) is 4.79 Å². The molecule has 2 fully saturated rings. The molecule has 5 heteroatoms. The molecule has 5 nitrogen and oxygen atoms in total. The lowest BCUT2D eigenvalue weighted by Gasteiger charge is -2.38. The van der Waals surface area contributed by atoms with Gasteiger partial charge in [0.25, 0.3) is 0 Å². The highest BCUT2D eigenvalue weighted by Gasteiger charge is 2.29. The SMILES string of the molecule is O=C(NCCc1nc2ccccc2[nH]1)C1CCN(C2CCCCC2)CC1. The van der Waals surface area contributed by atoms with Crippen LogP contribution in [0.25, 0.3) is 11.0 Å². The zero-order chi connectivity index (χ0) is 17.8. The maximum absolute atomic E-state index is 12.5. The molecule has 4 rings (SSSR count). The van der Waals surface area contributed by atoms with Crippen LogP contribution in [0.1, 0.15) is 50.8 Å². The molecular weight excluding hydrogens is 324 g/mol. The van der Waals surface area contributed by atoms with Crippen LogP contribution >= 0.6 is 0 Å². The van der Waals surface area contributed by atoms with Gasteiger partial charge >= 0.3 is 0 Å². The number of nitrogens with one attached hydrogen (secondary N) is 2. The number of fused-ring (bicyclic) bond motifs is 1. The first-order valence-electron chi connectivity index (χ1n) is 10.2. The van der Waals surface area contributed by atoms with Crippen molar-refractivity contribution < 1.29 is 4.79 Å². The number of carbonyl (C=O) groups is 1. The van der Waals surface area contributed by atoms with E-state index in [9.17, 15) is 4.79 Å². The van der Waals surface area contributed by atoms with Gasteiger partial charge in [0.2, 0.25) is 5.91 Å². The molecule has 1 aromatic heterocycles. The van der Waals surface area contributed by atoms with Gasteiger partial charge in [0.05, 0.1) is 11.0 Å². The van der Waals surface area contributed by atoms with E-state index in [0.29, 0.717) is 6.54 Å². The van der Waals surface area contributed by atoms with Crippen molar-refractivity contribution >= 4 is 16.9 Å². The highest BCUT2D eigenvalue weighted by Crippen LogP contribution is 2.27. The molecule has 1 aromatic carbocycles. The minimum atomic E-state index is 0.186. The maximum Gasteiger partial charge on any atom is 0.223 e. The topological polar surface area (TPSA) is 61.0 Å². The molecule has 1 amide bonds. The molecule has 0 radical (unpaired) electrons. The van der Waals surface area contributed by atoms with E-state index in [4.69, 9.17) is 0 Å². The molecule has 0 spiro atoms. The van der Waals surface area contributed by atoms with Crippen LogP contribution in [0.5, 0.6) is 0 Å². The zero-order valence-corrected chi connectivity index (χ0v) is 15.5. The van der Waals surface area contributed by atoms with Gasteiger partial charge in [0, 0.05) is 24.9 Å². The number of likely N-dealkylation sites (tertiary alicyclic amines) is 1. The number of piperidine rings is 1. The Morgan fingerprint density at radius 2 is 1.88 bits per heavy atom. The Bertz CT molecular complexity index is 693. The summed E-state index contributed by atoms with van der Waals surface area (Å²) in [5.74, 6) is 1.36. The summed E-state index contributed by atoms with van der Waals surface area (Å²) in [5.41, 5.74) is 2.05. The molecule has 140 valence electrons. The van der Waals surface area contributed by atoms with Crippen LogP contribution in [-0.4, -0.2) is 46.5 Å². The summed E-state index contributed by atoms with van der Waals surface area (Å²) in [4.78, 5) is 23.0. The summed E-state index contributed by atoms with van der Waals surface area (Å²) in [7, 11) is 0. The van der Waals surface area contributed by atoms with Crippen LogP contribution in [0.3, 0.4) is 0 Å². The molecule has 1 aliphatic carbocycles. The minimum Gasteiger partial charge on any atom is -0.355 e. The van der Waals surface area contributed by atoms with Gasteiger partial charge in [-0.1, -0.05) is 31.4 Å². The van der Waals surface area contributed by atoms with Crippen molar-refractivity contribution in [3.05, 3.63) is 30.1 Å². The number of para-hydroxylation sites is 2. The van der Waals surface area contributed by atoms with E-state index >= 15 is 0 Å². The van der Waals surface area contributed by atoms with Crippen molar-refractivity contribution in [3.63, 3.8) is 0 Å². The number of imidazole rings is 1. The third kappa shape index (κ3) is 4.09. The Morgan fingerprint density at radius 1 is 1.12 bits per heavy atom. The van der Waals surface area contributed by atoms with E-state index in [1.165, 1.54) is 32.1 Å². The molecule has 0 bridgehead atoms. The van der Waals surface area contributed by atoms with Crippen LogP contribution in [0.15, 0.2) is 24.3 Å². The van der Waals surface area contributed by atoms with Crippen molar-refractivity contribution in [2.45, 2.75) is 57.4 Å². The van der Waals surface area contributed by atoms with Crippen molar-refractivity contribution in [2.75, 3.05) is 19.6 Å². The summed E-state index contributed by atoms with van der Waals surface area (Å²) >= 11 is 0. The first-order valence-corrected chi connectivity index (χ1v) is 10.2. The number of hydrogen-bond acceptors (Lipinski definition) is 3. The number of hydrogen-bond donors (Lipinski definition) is 2. The summed E-state index contributed by atoms with van der Waals surface area (Å²) in [6, 6.07) is 8.82. The fourth-order valence-corrected chi connectivity index (χ4v) is 4.55. The van der Waals surface area contributed by atoms with Crippen LogP contribution in [0.4, 0.5) is 0 Å². The minimum absolute atomic E-state index is 0.186. The number of carbonyl (C=O) groups excluding carboxylic acids is 1. The maximum atomic E-state index is 12.5. The summed E-state index contributed by atoms with van der Waals surface area (Å²) in [6.07, 6.45) is 9.64. The second-order valence-corrected chi connectivity index (χ2v) is 7.84. The number of rotatable bonds is 5. The number of aromatic nitrogens is 2. The molecule has 26 heavy (non-hydrogen) atoms. The molecular formula is C21H30N4O. The van der Waals surface area contributed by atoms with Crippen LogP contribution in [-0.2, 0) is 11.2 Å². The smallest absolute Gasteiger partial charge is 0.223 e. The van der Waals surface area contributed by atoms with Gasteiger partial charge in [-0.05, 0) is 50.9 Å². The number of benzene rings is 1. The monoisotopic (exact) mass is 354 g/mol. The standard InChI is InChI=1S/C21H30N4O/c26-21(16-11-14-25(15-12-16)17-6-2-1-3-7-17)22-13-10-20-23-18-8-4-5-9-19(18)24-20/h4-5,8-9,16-17H,1-3,6-7,10-15H2,(H,22,26)(H,23,24). The Balaban J connectivity index is 1.20. The normalized spacial score (nSPS) is 20.5. The second kappa shape index (κ2) is 8.21. The highest BCUT2D eigenvalue weighted by molar-refractivity contribution is 5.78. The summed E-state index contributed by atoms with van der Waals surface area (Å²) < 4.78 is 0. The summed E-state index contributed by atoms with van der Waals surface area (Å²) in [6.45, 7) is 2.83. The van der Waals surface area contributed by atoms with Gasteiger partial charge in [-0.25, -0.2) is 4.98 Å². The van der Waals surface area contributed by atoms with Crippen molar-refractivity contribution in [2.24, 2.45) is 5.92 Å². The van der Waals surface area contributed by atoms with Crippen LogP contribution in [0, 0.1) is 5.92 Å². The third-order valence-electron chi connectivity index (χ3n) is 6.09. The molecule has 1 saturated heterocycles. The van der Waals surface area contributed by atoms with Crippen molar-refractivity contribution in [3.8, 4) is 0 Å². The lowest BCUT2D eigenvalue weighted by atomic mass is 9.90. The van der Waals surface area contributed by atoms with Crippen molar-refractivity contribution in [1.82, 2.24) is 20.2 Å². The number of nitrogens with zero attached hydrogens (tertiary/aromatic N) is 2. The van der Waals surface area contributed by atoms with Crippen molar-refractivity contribution in [1.29, 1.82) is 0 Å². The van der Waals surface area contributed by atoms with Crippen LogP contribution in [0.2, 0.25) is 0 Å². The molecule has 2 aliphatic rings. The lowest BCUT2D eigenvalue weighted by Crippen LogP contribution is -2.45. The van der Waals surface area contributed by atoms with E-state index in [1.807, 2.05) is 24.3 Å². The number of aromatic amines is 1. The Kier molecular flexibility index (Phi) is 5.54. The van der Waals surface area contributed by atoms with Gasteiger partial charge < -0.3 is 15.2 Å². The Hall–Kier alpha value is -1.88. The quantitative estimate of drug-likeness (QED) is 0.866. The predicted molar refractivity (Wildman–Crippen MR) is 104 cm³/mol. The van der Waals surface area contributed by atoms with Gasteiger partial charge in [-0.2, -0.15) is 0 Å². The molecule has 1 saturated carbocycles. The fourth-order valence-electron chi connectivity index (χ4n) is 4.55. The van der Waals surface area contributed by atoms with Gasteiger partial charge in [0.15, 0.2) is 0 Å². The number of amides is 1. The molecule has 0 atom stereocenters. The van der Waals surface area contributed by atoms with Gasteiger partial charge in [0.1, 0.15) is 5.82 Å². The number of H-pyrrole nitrogens is 1. The van der Waals surface area contributed by atoms with E-state index in [-0.39, 0.29) is 11.8 Å². The predicted octanol–water partition coefficient (Wildman–Crippen LogP) is 3.27.